The van der Waals surface area contributed by atoms with Gasteiger partial charge in [0.15, 0.2) is 5.78 Å². The molecule has 0 unspecified atom stereocenters. The number of nitrogens with one attached hydrogen (secondary N) is 1. The lowest BCUT2D eigenvalue weighted by Gasteiger charge is -2.07. The van der Waals surface area contributed by atoms with Gasteiger partial charge in [-0.05, 0) is 18.6 Å². The SMILES string of the molecule is CCC(=O)CCCNC(=O)c1ccc(C(=O)C(C)C)cc1.[HH]. The van der Waals surface area contributed by atoms with Gasteiger partial charge in [-0.1, -0.05) is 32.9 Å². The molecule has 1 aromatic carbocycles. The van der Waals surface area contributed by atoms with Crippen LogP contribution in [-0.2, 0) is 4.79 Å². The molecule has 0 aliphatic heterocycles. The zero-order valence-corrected chi connectivity index (χ0v) is 12.9. The van der Waals surface area contributed by atoms with E-state index in [0.29, 0.717) is 36.9 Å². The summed E-state index contributed by atoms with van der Waals surface area (Å²) in [6.45, 7) is 6.01. The van der Waals surface area contributed by atoms with E-state index in [0.717, 1.165) is 0 Å². The third-order valence-electron chi connectivity index (χ3n) is 3.27. The Morgan fingerprint density at radius 2 is 1.67 bits per heavy atom. The Bertz CT molecular complexity index is 509. The van der Waals surface area contributed by atoms with E-state index in [4.69, 9.17) is 0 Å². The Hall–Kier alpha value is -1.97. The van der Waals surface area contributed by atoms with Gasteiger partial charge in [-0.3, -0.25) is 14.4 Å². The summed E-state index contributed by atoms with van der Waals surface area (Å²) >= 11 is 0. The third-order valence-corrected chi connectivity index (χ3v) is 3.27. The van der Waals surface area contributed by atoms with E-state index in [9.17, 15) is 14.4 Å². The topological polar surface area (TPSA) is 63.2 Å². The van der Waals surface area contributed by atoms with Crippen molar-refractivity contribution >= 4 is 17.5 Å². The van der Waals surface area contributed by atoms with E-state index >= 15 is 0 Å². The minimum Gasteiger partial charge on any atom is -0.352 e. The Kier molecular flexibility index (Phi) is 6.79. The highest BCUT2D eigenvalue weighted by atomic mass is 16.1. The average Bonchev–Trinajstić information content (AvgIpc) is 2.50. The standard InChI is InChI=1S/C17H23NO3.H2/c1-4-15(19)6-5-11-18-17(21)14-9-7-13(8-10-14)16(20)12(2)3;/h7-10,12H,4-6,11H2,1-3H3,(H,18,21);1H. The molecule has 0 atom stereocenters. The molecule has 0 spiro atoms. The number of carbonyl (C=O) groups excluding carboxylic acids is 3. The molecule has 0 radical (unpaired) electrons. The fraction of sp³-hybridized carbons (Fsp3) is 0.471. The van der Waals surface area contributed by atoms with E-state index in [2.05, 4.69) is 5.32 Å². The van der Waals surface area contributed by atoms with Crippen LogP contribution in [0.5, 0.6) is 0 Å². The molecular weight excluding hydrogens is 266 g/mol. The van der Waals surface area contributed by atoms with E-state index in [1.54, 1.807) is 24.3 Å². The summed E-state index contributed by atoms with van der Waals surface area (Å²) in [5.41, 5.74) is 1.15. The molecule has 0 saturated carbocycles. The lowest BCUT2D eigenvalue weighted by Crippen LogP contribution is -2.24. The molecule has 0 heterocycles. The minimum absolute atomic E-state index is 0. The Balaban J connectivity index is 0.00000441. The van der Waals surface area contributed by atoms with Crippen molar-refractivity contribution in [3.8, 4) is 0 Å². The van der Waals surface area contributed by atoms with Crippen molar-refractivity contribution in [3.05, 3.63) is 35.4 Å². The number of rotatable bonds is 8. The van der Waals surface area contributed by atoms with Crippen LogP contribution in [0.15, 0.2) is 24.3 Å². The van der Waals surface area contributed by atoms with Crippen molar-refractivity contribution < 1.29 is 15.8 Å². The summed E-state index contributed by atoms with van der Waals surface area (Å²) in [5, 5.41) is 2.77. The van der Waals surface area contributed by atoms with Gasteiger partial charge in [0.05, 0.1) is 0 Å². The normalized spacial score (nSPS) is 10.5. The van der Waals surface area contributed by atoms with E-state index in [1.807, 2.05) is 20.8 Å². The Morgan fingerprint density at radius 1 is 1.10 bits per heavy atom. The highest BCUT2D eigenvalue weighted by molar-refractivity contribution is 5.99. The van der Waals surface area contributed by atoms with Crippen molar-refractivity contribution in [2.45, 2.75) is 40.0 Å². The summed E-state index contributed by atoms with van der Waals surface area (Å²) in [6.07, 6.45) is 1.69. The minimum atomic E-state index is -0.178. The molecule has 21 heavy (non-hydrogen) atoms. The largest absolute Gasteiger partial charge is 0.352 e. The molecule has 0 fully saturated rings. The summed E-state index contributed by atoms with van der Waals surface area (Å²) in [4.78, 5) is 34.8. The van der Waals surface area contributed by atoms with Gasteiger partial charge in [0.1, 0.15) is 5.78 Å². The lowest BCUT2D eigenvalue weighted by molar-refractivity contribution is -0.118. The highest BCUT2D eigenvalue weighted by Crippen LogP contribution is 2.10. The van der Waals surface area contributed by atoms with Gasteiger partial charge in [0.2, 0.25) is 0 Å². The first-order chi connectivity index (χ1) is 9.95. The van der Waals surface area contributed by atoms with Gasteiger partial charge in [0.25, 0.3) is 5.91 Å². The molecule has 4 nitrogen and oxygen atoms in total. The van der Waals surface area contributed by atoms with Gasteiger partial charge in [0, 0.05) is 37.9 Å². The molecule has 1 amide bonds. The maximum absolute atomic E-state index is 11.9. The number of carbonyl (C=O) groups is 3. The summed E-state index contributed by atoms with van der Waals surface area (Å²) in [6, 6.07) is 6.67. The smallest absolute Gasteiger partial charge is 0.251 e. The van der Waals surface area contributed by atoms with Gasteiger partial charge in [-0.25, -0.2) is 0 Å². The van der Waals surface area contributed by atoms with E-state index in [-0.39, 0.29) is 24.8 Å². The average molecular weight is 291 g/mol. The molecule has 1 aromatic rings. The number of Topliss-reactive ketones (excluding diaryl/α,β-unsaturated/α-hetero) is 2. The Labute approximate surface area is 127 Å². The highest BCUT2D eigenvalue weighted by Gasteiger charge is 2.11. The first-order valence-electron chi connectivity index (χ1n) is 7.39. The van der Waals surface area contributed by atoms with Gasteiger partial charge in [-0.2, -0.15) is 0 Å². The quantitative estimate of drug-likeness (QED) is 0.590. The number of amides is 1. The first-order valence-corrected chi connectivity index (χ1v) is 7.39. The molecule has 0 aromatic heterocycles. The monoisotopic (exact) mass is 291 g/mol. The second-order valence-electron chi connectivity index (χ2n) is 5.35. The van der Waals surface area contributed by atoms with Crippen molar-refractivity contribution in [2.75, 3.05) is 6.54 Å². The maximum atomic E-state index is 11.9. The molecular formula is C17H25NO3. The fourth-order valence-corrected chi connectivity index (χ4v) is 1.89. The number of hydrogen-bond donors (Lipinski definition) is 1. The second-order valence-corrected chi connectivity index (χ2v) is 5.35. The third kappa shape index (κ3) is 5.50. The number of benzene rings is 1. The van der Waals surface area contributed by atoms with Crippen molar-refractivity contribution in [1.82, 2.24) is 5.32 Å². The molecule has 0 saturated heterocycles. The van der Waals surface area contributed by atoms with Crippen molar-refractivity contribution in [1.29, 1.82) is 0 Å². The summed E-state index contributed by atoms with van der Waals surface area (Å²) in [7, 11) is 0. The molecule has 4 heteroatoms. The van der Waals surface area contributed by atoms with Crippen LogP contribution in [0.3, 0.4) is 0 Å². The van der Waals surface area contributed by atoms with E-state index < -0.39 is 0 Å². The molecule has 116 valence electrons. The number of hydrogen-bond acceptors (Lipinski definition) is 3. The van der Waals surface area contributed by atoms with Crippen LogP contribution >= 0.6 is 0 Å². The number of ketones is 2. The van der Waals surface area contributed by atoms with Crippen molar-refractivity contribution in [3.63, 3.8) is 0 Å². The fourth-order valence-electron chi connectivity index (χ4n) is 1.89. The molecule has 0 aliphatic carbocycles. The first kappa shape index (κ1) is 17.1. The van der Waals surface area contributed by atoms with Crippen molar-refractivity contribution in [2.24, 2.45) is 5.92 Å². The van der Waals surface area contributed by atoms with Crippen LogP contribution in [0.1, 0.15) is 62.2 Å². The van der Waals surface area contributed by atoms with Crippen LogP contribution in [0.25, 0.3) is 0 Å². The van der Waals surface area contributed by atoms with Crippen LogP contribution in [-0.4, -0.2) is 24.0 Å². The van der Waals surface area contributed by atoms with Gasteiger partial charge >= 0.3 is 0 Å². The van der Waals surface area contributed by atoms with E-state index in [1.165, 1.54) is 0 Å². The molecule has 0 aliphatic rings. The zero-order chi connectivity index (χ0) is 15.8. The summed E-state index contributed by atoms with van der Waals surface area (Å²) in [5.74, 6) is 0.0455. The maximum Gasteiger partial charge on any atom is 0.251 e. The van der Waals surface area contributed by atoms with Crippen LogP contribution in [0.4, 0.5) is 0 Å². The van der Waals surface area contributed by atoms with Crippen LogP contribution < -0.4 is 5.32 Å². The second kappa shape index (κ2) is 8.35. The van der Waals surface area contributed by atoms with Crippen LogP contribution in [0.2, 0.25) is 0 Å². The summed E-state index contributed by atoms with van der Waals surface area (Å²) < 4.78 is 0. The van der Waals surface area contributed by atoms with Gasteiger partial charge in [-0.15, -0.1) is 0 Å². The molecule has 0 bridgehead atoms. The van der Waals surface area contributed by atoms with Crippen LogP contribution in [0, 0.1) is 5.92 Å². The predicted octanol–water partition coefficient (Wildman–Crippen LogP) is 3.26. The molecule has 1 rings (SSSR count). The predicted molar refractivity (Wildman–Crippen MR) is 84.6 cm³/mol. The molecule has 1 N–H and O–H groups in total. The zero-order valence-electron chi connectivity index (χ0n) is 12.9. The van der Waals surface area contributed by atoms with Gasteiger partial charge < -0.3 is 5.32 Å². The lowest BCUT2D eigenvalue weighted by atomic mass is 10.00. The Morgan fingerprint density at radius 3 is 2.19 bits per heavy atom.